The fraction of sp³-hybridized carbons (Fsp3) is 0.692. The number of aliphatic carboxylic acids is 1. The minimum absolute atomic E-state index is 0.263. The van der Waals surface area contributed by atoms with Crippen LogP contribution in [-0.2, 0) is 18.4 Å². The number of nitrogens with one attached hydrogen (secondary N) is 1. The molecule has 1 aromatic heterocycles. The van der Waals surface area contributed by atoms with Crippen LogP contribution in [0.5, 0.6) is 0 Å². The quantitative estimate of drug-likeness (QED) is 0.771. The lowest BCUT2D eigenvalue weighted by Crippen LogP contribution is -2.27. The standard InChI is InChI=1S/C13H22ClN3O2/c1-9(13(18)19)5-4-6-10(2)15-8-12-16-7-11(14)17(12)3/h7,9-10,15H,4-6,8H2,1-3H3,(H,18,19). The smallest absolute Gasteiger partial charge is 0.306 e. The Morgan fingerprint density at radius 2 is 2.21 bits per heavy atom. The second kappa shape index (κ2) is 7.50. The summed E-state index contributed by atoms with van der Waals surface area (Å²) in [6.07, 6.45) is 4.21. The Bertz CT molecular complexity index is 420. The fourth-order valence-electron chi connectivity index (χ4n) is 1.81. The molecule has 0 bridgehead atoms. The molecule has 0 fully saturated rings. The van der Waals surface area contributed by atoms with Crippen molar-refractivity contribution in [3.8, 4) is 0 Å². The predicted octanol–water partition coefficient (Wildman–Crippen LogP) is 2.44. The molecule has 1 rings (SSSR count). The third kappa shape index (κ3) is 5.20. The number of carboxylic acid groups (broad SMARTS) is 1. The number of aromatic nitrogens is 2. The van der Waals surface area contributed by atoms with Crippen LogP contribution < -0.4 is 5.32 Å². The maximum atomic E-state index is 10.7. The fourth-order valence-corrected chi connectivity index (χ4v) is 1.96. The van der Waals surface area contributed by atoms with Crippen LogP contribution in [0, 0.1) is 5.92 Å². The number of rotatable bonds is 8. The Hall–Kier alpha value is -1.07. The lowest BCUT2D eigenvalue weighted by molar-refractivity contribution is -0.141. The van der Waals surface area contributed by atoms with Gasteiger partial charge in [0.25, 0.3) is 0 Å². The first-order valence-corrected chi connectivity index (χ1v) is 6.92. The van der Waals surface area contributed by atoms with Crippen molar-refractivity contribution < 1.29 is 9.90 Å². The number of hydrogen-bond acceptors (Lipinski definition) is 3. The molecule has 0 radical (unpaired) electrons. The van der Waals surface area contributed by atoms with E-state index >= 15 is 0 Å². The Morgan fingerprint density at radius 3 is 2.74 bits per heavy atom. The molecule has 0 amide bonds. The maximum Gasteiger partial charge on any atom is 0.306 e. The van der Waals surface area contributed by atoms with Crippen molar-refractivity contribution in [3.63, 3.8) is 0 Å². The molecule has 5 nitrogen and oxygen atoms in total. The summed E-state index contributed by atoms with van der Waals surface area (Å²) in [5, 5.41) is 12.8. The number of carbonyl (C=O) groups is 1. The van der Waals surface area contributed by atoms with Gasteiger partial charge in [0.05, 0.1) is 18.7 Å². The van der Waals surface area contributed by atoms with E-state index in [9.17, 15) is 4.79 Å². The van der Waals surface area contributed by atoms with Gasteiger partial charge in [0.15, 0.2) is 0 Å². The van der Waals surface area contributed by atoms with Crippen molar-refractivity contribution in [1.82, 2.24) is 14.9 Å². The van der Waals surface area contributed by atoms with Gasteiger partial charge in [-0.3, -0.25) is 4.79 Å². The number of halogens is 1. The van der Waals surface area contributed by atoms with E-state index in [2.05, 4.69) is 17.2 Å². The van der Waals surface area contributed by atoms with Gasteiger partial charge in [0.2, 0.25) is 0 Å². The van der Waals surface area contributed by atoms with Crippen LogP contribution in [0.25, 0.3) is 0 Å². The lowest BCUT2D eigenvalue weighted by atomic mass is 10.0. The van der Waals surface area contributed by atoms with Crippen molar-refractivity contribution in [3.05, 3.63) is 17.2 Å². The van der Waals surface area contributed by atoms with Gasteiger partial charge in [0, 0.05) is 13.1 Å². The minimum atomic E-state index is -0.719. The van der Waals surface area contributed by atoms with Crippen LogP contribution in [0.15, 0.2) is 6.20 Å². The largest absolute Gasteiger partial charge is 0.481 e. The molecule has 0 aromatic carbocycles. The average Bonchev–Trinajstić information content (AvgIpc) is 2.67. The number of imidazole rings is 1. The summed E-state index contributed by atoms with van der Waals surface area (Å²) in [5.41, 5.74) is 0. The Kier molecular flexibility index (Phi) is 6.31. The van der Waals surface area contributed by atoms with Crippen molar-refractivity contribution in [2.75, 3.05) is 0 Å². The molecular formula is C13H22ClN3O2. The van der Waals surface area contributed by atoms with Crippen LogP contribution in [-0.4, -0.2) is 26.7 Å². The molecule has 0 aliphatic heterocycles. The Labute approximate surface area is 119 Å². The van der Waals surface area contributed by atoms with E-state index in [0.717, 1.165) is 25.1 Å². The number of carboxylic acids is 1. The summed E-state index contributed by atoms with van der Waals surface area (Å²) >= 11 is 5.91. The number of hydrogen-bond donors (Lipinski definition) is 2. The second-order valence-corrected chi connectivity index (χ2v) is 5.40. The average molecular weight is 288 g/mol. The zero-order valence-corrected chi connectivity index (χ0v) is 12.4. The van der Waals surface area contributed by atoms with Crippen LogP contribution in [0.2, 0.25) is 5.15 Å². The highest BCUT2D eigenvalue weighted by Gasteiger charge is 2.11. The molecule has 0 aliphatic carbocycles. The van der Waals surface area contributed by atoms with Crippen molar-refractivity contribution >= 4 is 17.6 Å². The highest BCUT2D eigenvalue weighted by atomic mass is 35.5. The van der Waals surface area contributed by atoms with Crippen LogP contribution in [0.3, 0.4) is 0 Å². The molecule has 2 unspecified atom stereocenters. The van der Waals surface area contributed by atoms with Gasteiger partial charge in [0.1, 0.15) is 11.0 Å². The summed E-state index contributed by atoms with van der Waals surface area (Å²) in [6.45, 7) is 4.51. The maximum absolute atomic E-state index is 10.7. The zero-order chi connectivity index (χ0) is 14.4. The van der Waals surface area contributed by atoms with E-state index < -0.39 is 5.97 Å². The van der Waals surface area contributed by atoms with Crippen molar-refractivity contribution in [2.24, 2.45) is 13.0 Å². The van der Waals surface area contributed by atoms with E-state index in [4.69, 9.17) is 16.7 Å². The molecule has 0 aliphatic rings. The van der Waals surface area contributed by atoms with Crippen molar-refractivity contribution in [1.29, 1.82) is 0 Å². The van der Waals surface area contributed by atoms with E-state index in [1.54, 1.807) is 13.1 Å². The summed E-state index contributed by atoms with van der Waals surface area (Å²) in [4.78, 5) is 14.9. The second-order valence-electron chi connectivity index (χ2n) is 5.01. The highest BCUT2D eigenvalue weighted by Crippen LogP contribution is 2.11. The van der Waals surface area contributed by atoms with E-state index in [0.29, 0.717) is 17.7 Å². The van der Waals surface area contributed by atoms with Crippen LogP contribution in [0.4, 0.5) is 0 Å². The Morgan fingerprint density at radius 1 is 1.53 bits per heavy atom. The molecule has 108 valence electrons. The summed E-state index contributed by atoms with van der Waals surface area (Å²) in [7, 11) is 1.88. The van der Waals surface area contributed by atoms with Gasteiger partial charge < -0.3 is 15.0 Å². The predicted molar refractivity (Wildman–Crippen MR) is 75.2 cm³/mol. The third-order valence-electron chi connectivity index (χ3n) is 3.33. The minimum Gasteiger partial charge on any atom is -0.481 e. The molecule has 0 saturated carbocycles. The first-order valence-electron chi connectivity index (χ1n) is 6.54. The first-order chi connectivity index (χ1) is 8.91. The molecule has 1 heterocycles. The van der Waals surface area contributed by atoms with Gasteiger partial charge in [-0.15, -0.1) is 0 Å². The molecule has 2 atom stereocenters. The van der Waals surface area contributed by atoms with Gasteiger partial charge >= 0.3 is 5.97 Å². The first kappa shape index (κ1) is 16.0. The van der Waals surface area contributed by atoms with Gasteiger partial charge in [-0.2, -0.15) is 0 Å². The van der Waals surface area contributed by atoms with Gasteiger partial charge in [-0.05, 0) is 19.8 Å². The molecule has 2 N–H and O–H groups in total. The molecule has 0 saturated heterocycles. The Balaban J connectivity index is 2.23. The monoisotopic (exact) mass is 287 g/mol. The van der Waals surface area contributed by atoms with Gasteiger partial charge in [-0.1, -0.05) is 24.9 Å². The zero-order valence-electron chi connectivity index (χ0n) is 11.7. The molecule has 0 spiro atoms. The molecular weight excluding hydrogens is 266 g/mol. The highest BCUT2D eigenvalue weighted by molar-refractivity contribution is 6.29. The molecule has 19 heavy (non-hydrogen) atoms. The summed E-state index contributed by atoms with van der Waals surface area (Å²) in [5.74, 6) is -0.0837. The number of nitrogens with zero attached hydrogens (tertiary/aromatic N) is 2. The van der Waals surface area contributed by atoms with Gasteiger partial charge in [-0.25, -0.2) is 4.98 Å². The molecule has 6 heteroatoms. The van der Waals surface area contributed by atoms with E-state index in [1.165, 1.54) is 0 Å². The van der Waals surface area contributed by atoms with Crippen molar-refractivity contribution in [2.45, 2.75) is 45.7 Å². The molecule has 1 aromatic rings. The van der Waals surface area contributed by atoms with E-state index in [1.807, 2.05) is 11.6 Å². The van der Waals surface area contributed by atoms with Crippen LogP contribution >= 0.6 is 11.6 Å². The summed E-state index contributed by atoms with van der Waals surface area (Å²) in [6, 6.07) is 0.330. The third-order valence-corrected chi connectivity index (χ3v) is 3.68. The topological polar surface area (TPSA) is 67.2 Å². The van der Waals surface area contributed by atoms with Crippen LogP contribution in [0.1, 0.15) is 38.9 Å². The summed E-state index contributed by atoms with van der Waals surface area (Å²) < 4.78 is 1.84. The SMILES string of the molecule is CC(CCCC(C)C(=O)O)NCc1ncc(Cl)n1C. The van der Waals surface area contributed by atoms with E-state index in [-0.39, 0.29) is 5.92 Å². The normalized spacial score (nSPS) is 14.3. The lowest BCUT2D eigenvalue weighted by Gasteiger charge is -2.14.